The zero-order valence-electron chi connectivity index (χ0n) is 16.3. The van der Waals surface area contributed by atoms with Crippen LogP contribution in [-0.4, -0.2) is 40.1 Å². The van der Waals surface area contributed by atoms with E-state index in [0.717, 1.165) is 51.0 Å². The van der Waals surface area contributed by atoms with Crippen LogP contribution in [0.25, 0.3) is 10.9 Å². The number of nitrogens with zero attached hydrogens (tertiary/aromatic N) is 3. The summed E-state index contributed by atoms with van der Waals surface area (Å²) in [4.78, 5) is 20.0. The first-order chi connectivity index (χ1) is 13.0. The summed E-state index contributed by atoms with van der Waals surface area (Å²) < 4.78 is 29.0. The van der Waals surface area contributed by atoms with E-state index in [1.807, 2.05) is 6.92 Å². The molecule has 7 heteroatoms. The molecule has 2 atom stereocenters. The van der Waals surface area contributed by atoms with Crippen molar-refractivity contribution < 1.29 is 8.78 Å². The predicted octanol–water partition coefficient (Wildman–Crippen LogP) is 3.22. The van der Waals surface area contributed by atoms with E-state index in [1.54, 1.807) is 4.57 Å². The molecule has 0 spiro atoms. The van der Waals surface area contributed by atoms with Gasteiger partial charge in [0.25, 0.3) is 5.56 Å². The fourth-order valence-electron chi connectivity index (χ4n) is 3.88. The van der Waals surface area contributed by atoms with Crippen molar-refractivity contribution in [1.29, 1.82) is 0 Å². The van der Waals surface area contributed by atoms with Gasteiger partial charge in [0.2, 0.25) is 0 Å². The Balaban J connectivity index is 2.13. The van der Waals surface area contributed by atoms with E-state index < -0.39 is 11.6 Å². The van der Waals surface area contributed by atoms with Crippen molar-refractivity contribution in [3.05, 3.63) is 39.9 Å². The molecule has 2 aromatic rings. The topological polar surface area (TPSA) is 50.2 Å². The van der Waals surface area contributed by atoms with Gasteiger partial charge in [-0.05, 0) is 32.8 Å². The van der Waals surface area contributed by atoms with Crippen LogP contribution >= 0.6 is 0 Å². The number of hydrogen-bond acceptors (Lipinski definition) is 4. The van der Waals surface area contributed by atoms with E-state index in [0.29, 0.717) is 18.4 Å². The Morgan fingerprint density at radius 3 is 2.70 bits per heavy atom. The van der Waals surface area contributed by atoms with Crippen LogP contribution < -0.4 is 10.9 Å². The lowest BCUT2D eigenvalue weighted by atomic mass is 10.1. The first-order valence-corrected chi connectivity index (χ1v) is 9.83. The summed E-state index contributed by atoms with van der Waals surface area (Å²) in [5.41, 5.74) is -0.0835. The van der Waals surface area contributed by atoms with Gasteiger partial charge >= 0.3 is 0 Å². The molecule has 0 radical (unpaired) electrons. The first kappa shape index (κ1) is 19.9. The van der Waals surface area contributed by atoms with Crippen molar-refractivity contribution in [2.24, 2.45) is 0 Å². The van der Waals surface area contributed by atoms with Gasteiger partial charge in [-0.15, -0.1) is 0 Å². The van der Waals surface area contributed by atoms with Crippen LogP contribution in [0.1, 0.15) is 51.9 Å². The molecule has 148 valence electrons. The van der Waals surface area contributed by atoms with Crippen molar-refractivity contribution in [2.75, 3.05) is 19.6 Å². The summed E-state index contributed by atoms with van der Waals surface area (Å²) in [6.07, 6.45) is 2.82. The summed E-state index contributed by atoms with van der Waals surface area (Å²) in [6.45, 7) is 9.26. The summed E-state index contributed by atoms with van der Waals surface area (Å²) in [5, 5.41) is 3.61. The Hall–Kier alpha value is -1.86. The third kappa shape index (κ3) is 4.04. The lowest BCUT2D eigenvalue weighted by molar-refractivity contribution is 0.184. The molecule has 1 aromatic carbocycles. The van der Waals surface area contributed by atoms with Gasteiger partial charge in [0.15, 0.2) is 11.6 Å². The highest BCUT2D eigenvalue weighted by atomic mass is 19.2. The molecule has 0 aliphatic carbocycles. The Labute approximate surface area is 158 Å². The third-order valence-corrected chi connectivity index (χ3v) is 5.38. The Kier molecular flexibility index (Phi) is 6.22. The van der Waals surface area contributed by atoms with E-state index in [4.69, 9.17) is 0 Å². The van der Waals surface area contributed by atoms with E-state index in [-0.39, 0.29) is 22.5 Å². The molecule has 1 N–H and O–H groups in total. The number of benzene rings is 1. The van der Waals surface area contributed by atoms with Crippen LogP contribution in [0.3, 0.4) is 0 Å². The smallest absolute Gasteiger partial charge is 0.261 e. The van der Waals surface area contributed by atoms with Crippen molar-refractivity contribution in [3.63, 3.8) is 0 Å². The zero-order chi connectivity index (χ0) is 19.6. The van der Waals surface area contributed by atoms with Gasteiger partial charge < -0.3 is 5.32 Å². The number of halogens is 2. The summed E-state index contributed by atoms with van der Waals surface area (Å²) >= 11 is 0. The van der Waals surface area contributed by atoms with Gasteiger partial charge in [0.1, 0.15) is 5.82 Å². The molecule has 0 saturated carbocycles. The Bertz CT molecular complexity index is 867. The molecule has 0 bridgehead atoms. The lowest BCUT2D eigenvalue weighted by Gasteiger charge is -2.31. The molecular weight excluding hydrogens is 350 g/mol. The third-order valence-electron chi connectivity index (χ3n) is 5.38. The van der Waals surface area contributed by atoms with Crippen molar-refractivity contribution in [1.82, 2.24) is 19.8 Å². The van der Waals surface area contributed by atoms with Crippen LogP contribution in [-0.2, 0) is 6.54 Å². The van der Waals surface area contributed by atoms with Gasteiger partial charge in [-0.3, -0.25) is 14.3 Å². The molecule has 1 aromatic heterocycles. The zero-order valence-corrected chi connectivity index (χ0v) is 16.3. The van der Waals surface area contributed by atoms with Crippen LogP contribution in [0.2, 0.25) is 0 Å². The van der Waals surface area contributed by atoms with Crippen LogP contribution in [0.15, 0.2) is 16.9 Å². The quantitative estimate of drug-likeness (QED) is 0.868. The average molecular weight is 378 g/mol. The molecule has 5 nitrogen and oxygen atoms in total. The monoisotopic (exact) mass is 378 g/mol. The molecule has 1 fully saturated rings. The fourth-order valence-corrected chi connectivity index (χ4v) is 3.88. The maximum absolute atomic E-state index is 13.8. The fraction of sp³-hybridized carbons (Fsp3) is 0.600. The molecular formula is C20H28F2N4O. The van der Waals surface area contributed by atoms with Crippen molar-refractivity contribution in [2.45, 2.75) is 58.7 Å². The molecule has 1 aliphatic heterocycles. The first-order valence-electron chi connectivity index (χ1n) is 9.83. The standard InChI is InChI=1S/C20H28F2N4O/c1-4-6-18(25-9-7-13(3)23-8-10-25)19-24-17-12-16(22)15(21)11-14(17)20(27)26(19)5-2/h11-13,18,23H,4-10H2,1-3H3/t13-,18?/m1/s1. The number of fused-ring (bicyclic) bond motifs is 1. The molecule has 2 heterocycles. The van der Waals surface area contributed by atoms with Crippen LogP contribution in [0, 0.1) is 11.6 Å². The van der Waals surface area contributed by atoms with Gasteiger partial charge in [-0.2, -0.15) is 0 Å². The van der Waals surface area contributed by atoms with Gasteiger partial charge in [-0.25, -0.2) is 13.8 Å². The lowest BCUT2D eigenvalue weighted by Crippen LogP contribution is -2.37. The Morgan fingerprint density at radius 2 is 2.00 bits per heavy atom. The highest BCUT2D eigenvalue weighted by Gasteiger charge is 2.27. The van der Waals surface area contributed by atoms with Crippen LogP contribution in [0.4, 0.5) is 8.78 Å². The van der Waals surface area contributed by atoms with E-state index >= 15 is 0 Å². The highest BCUT2D eigenvalue weighted by Crippen LogP contribution is 2.26. The van der Waals surface area contributed by atoms with Crippen molar-refractivity contribution in [3.8, 4) is 0 Å². The minimum absolute atomic E-state index is 0.0211. The molecule has 1 unspecified atom stereocenters. The number of aromatic nitrogens is 2. The molecule has 1 aliphatic rings. The molecule has 3 rings (SSSR count). The molecule has 27 heavy (non-hydrogen) atoms. The highest BCUT2D eigenvalue weighted by molar-refractivity contribution is 5.77. The number of nitrogens with one attached hydrogen (secondary N) is 1. The average Bonchev–Trinajstić information content (AvgIpc) is 2.86. The minimum atomic E-state index is -1.02. The maximum Gasteiger partial charge on any atom is 0.261 e. The normalized spacial score (nSPS) is 20.0. The second-order valence-corrected chi connectivity index (χ2v) is 7.29. The largest absolute Gasteiger partial charge is 0.313 e. The second kappa shape index (κ2) is 8.44. The van der Waals surface area contributed by atoms with Gasteiger partial charge in [0, 0.05) is 38.3 Å². The minimum Gasteiger partial charge on any atom is -0.313 e. The number of rotatable bonds is 5. The summed E-state index contributed by atoms with van der Waals surface area (Å²) in [5.74, 6) is -1.35. The summed E-state index contributed by atoms with van der Waals surface area (Å²) in [6, 6.07) is 2.42. The van der Waals surface area contributed by atoms with E-state index in [9.17, 15) is 13.6 Å². The second-order valence-electron chi connectivity index (χ2n) is 7.29. The Morgan fingerprint density at radius 1 is 1.26 bits per heavy atom. The molecule has 1 saturated heterocycles. The van der Waals surface area contributed by atoms with Crippen molar-refractivity contribution >= 4 is 10.9 Å². The molecule has 0 amide bonds. The predicted molar refractivity (Wildman–Crippen MR) is 103 cm³/mol. The summed E-state index contributed by atoms with van der Waals surface area (Å²) in [7, 11) is 0. The van der Waals surface area contributed by atoms with E-state index in [1.165, 1.54) is 0 Å². The van der Waals surface area contributed by atoms with E-state index in [2.05, 4.69) is 29.0 Å². The number of hydrogen-bond donors (Lipinski definition) is 1. The van der Waals surface area contributed by atoms with Crippen LogP contribution in [0.5, 0.6) is 0 Å². The van der Waals surface area contributed by atoms with Gasteiger partial charge in [0.05, 0.1) is 16.9 Å². The maximum atomic E-state index is 13.8. The van der Waals surface area contributed by atoms with Gasteiger partial charge in [-0.1, -0.05) is 13.3 Å². The SMILES string of the molecule is CCCC(c1nc2cc(F)c(F)cc2c(=O)n1CC)N1CCN[C@H](C)CC1.